The highest BCUT2D eigenvalue weighted by atomic mass is 79.9. The highest BCUT2D eigenvalue weighted by Crippen LogP contribution is 1.99. The van der Waals surface area contributed by atoms with Crippen molar-refractivity contribution in [1.29, 1.82) is 0 Å². The van der Waals surface area contributed by atoms with Crippen LogP contribution in [0, 0.1) is 0 Å². The van der Waals surface area contributed by atoms with Crippen LogP contribution in [-0.4, -0.2) is 5.97 Å². The van der Waals surface area contributed by atoms with Crippen molar-refractivity contribution in [2.24, 2.45) is 0 Å². The normalized spacial score (nSPS) is 8.42. The van der Waals surface area contributed by atoms with Crippen molar-refractivity contribution in [3.63, 3.8) is 0 Å². The van der Waals surface area contributed by atoms with Crippen LogP contribution in [0.1, 0.15) is 12.5 Å². The van der Waals surface area contributed by atoms with Crippen LogP contribution in [0.5, 0.6) is 0 Å². The summed E-state index contributed by atoms with van der Waals surface area (Å²) in [6.45, 7) is 1.78. The molecular formula is C9H11BrO2. The summed E-state index contributed by atoms with van der Waals surface area (Å²) >= 11 is 0. The van der Waals surface area contributed by atoms with Gasteiger partial charge in [0.05, 0.1) is 0 Å². The minimum Gasteiger partial charge on any atom is -0.461 e. The molecule has 0 fully saturated rings. The average Bonchev–Trinajstić information content (AvgIpc) is 2.03. The minimum absolute atomic E-state index is 0. The third kappa shape index (κ3) is 4.13. The van der Waals surface area contributed by atoms with Gasteiger partial charge in [0.15, 0.2) is 0 Å². The molecule has 0 saturated heterocycles. The zero-order valence-corrected chi connectivity index (χ0v) is 8.53. The minimum atomic E-state index is -0.242. The summed E-state index contributed by atoms with van der Waals surface area (Å²) in [5, 5.41) is 0. The van der Waals surface area contributed by atoms with Crippen LogP contribution in [-0.2, 0) is 16.1 Å². The number of hydrogen-bond acceptors (Lipinski definition) is 2. The number of hydrogen-bond donors (Lipinski definition) is 0. The van der Waals surface area contributed by atoms with Crippen LogP contribution in [0.25, 0.3) is 0 Å². The lowest BCUT2D eigenvalue weighted by Crippen LogP contribution is -1.97. The number of carbonyl (C=O) groups excluding carboxylic acids is 1. The van der Waals surface area contributed by atoms with Gasteiger partial charge in [-0.05, 0) is 5.56 Å². The van der Waals surface area contributed by atoms with Gasteiger partial charge >= 0.3 is 5.97 Å². The van der Waals surface area contributed by atoms with Gasteiger partial charge in [0.25, 0.3) is 0 Å². The Morgan fingerprint density at radius 2 is 1.92 bits per heavy atom. The standard InChI is InChI=1S/C9H10O2.BrH/c1-8(10)11-7-9-5-3-2-4-6-9;/h2-6H,7H2,1H3;1H/i5+1;. The second-order valence-electron chi connectivity index (χ2n) is 2.27. The Bertz CT molecular complexity index is 234. The molecule has 0 N–H and O–H groups in total. The number of rotatable bonds is 2. The topological polar surface area (TPSA) is 26.3 Å². The molecule has 0 atom stereocenters. The van der Waals surface area contributed by atoms with Crippen molar-refractivity contribution in [3.05, 3.63) is 35.9 Å². The maximum absolute atomic E-state index is 10.4. The summed E-state index contributed by atoms with van der Waals surface area (Å²) in [5.74, 6) is -0.242. The molecule has 0 aliphatic carbocycles. The molecule has 66 valence electrons. The molecule has 3 heteroatoms. The third-order valence-corrected chi connectivity index (χ3v) is 1.28. The largest absolute Gasteiger partial charge is 0.461 e. The first kappa shape index (κ1) is 11.2. The first-order chi connectivity index (χ1) is 5.29. The van der Waals surface area contributed by atoms with Crippen molar-refractivity contribution in [3.8, 4) is 0 Å². The van der Waals surface area contributed by atoms with Gasteiger partial charge in [-0.15, -0.1) is 17.0 Å². The van der Waals surface area contributed by atoms with Gasteiger partial charge in [0.1, 0.15) is 6.61 Å². The third-order valence-electron chi connectivity index (χ3n) is 1.28. The summed E-state index contributed by atoms with van der Waals surface area (Å²) in [6.07, 6.45) is 0. The first-order valence-electron chi connectivity index (χ1n) is 3.46. The Morgan fingerprint density at radius 3 is 2.42 bits per heavy atom. The number of benzene rings is 1. The van der Waals surface area contributed by atoms with E-state index in [0.29, 0.717) is 6.61 Å². The smallest absolute Gasteiger partial charge is 0.302 e. The van der Waals surface area contributed by atoms with Gasteiger partial charge in [0.2, 0.25) is 0 Å². The van der Waals surface area contributed by atoms with E-state index in [9.17, 15) is 4.79 Å². The molecule has 0 aliphatic heterocycles. The van der Waals surface area contributed by atoms with Crippen LogP contribution in [0.15, 0.2) is 30.3 Å². The lowest BCUT2D eigenvalue weighted by molar-refractivity contribution is -0.142. The summed E-state index contributed by atoms with van der Waals surface area (Å²) in [5.41, 5.74) is 1.02. The molecule has 0 aliphatic rings. The highest BCUT2D eigenvalue weighted by Gasteiger charge is 1.93. The van der Waals surface area contributed by atoms with Crippen LogP contribution in [0.3, 0.4) is 0 Å². The highest BCUT2D eigenvalue weighted by molar-refractivity contribution is 8.93. The Hall–Kier alpha value is -0.830. The van der Waals surface area contributed by atoms with Crippen molar-refractivity contribution in [2.75, 3.05) is 0 Å². The maximum Gasteiger partial charge on any atom is 0.302 e. The molecule has 0 heterocycles. The fourth-order valence-electron chi connectivity index (χ4n) is 0.759. The Kier molecular flexibility index (Phi) is 5.37. The summed E-state index contributed by atoms with van der Waals surface area (Å²) in [7, 11) is 0. The van der Waals surface area contributed by atoms with Crippen LogP contribution in [0.2, 0.25) is 0 Å². The SMILES string of the molecule is Br.CC(=O)OCc1cccc[13cH]1. The van der Waals surface area contributed by atoms with Gasteiger partial charge in [-0.25, -0.2) is 0 Å². The summed E-state index contributed by atoms with van der Waals surface area (Å²) < 4.78 is 4.79. The second kappa shape index (κ2) is 5.77. The van der Waals surface area contributed by atoms with E-state index in [1.165, 1.54) is 6.92 Å². The van der Waals surface area contributed by atoms with E-state index in [1.54, 1.807) is 0 Å². The Morgan fingerprint density at radius 1 is 1.33 bits per heavy atom. The van der Waals surface area contributed by atoms with Crippen molar-refractivity contribution >= 4 is 23.0 Å². The van der Waals surface area contributed by atoms with Crippen molar-refractivity contribution < 1.29 is 9.53 Å². The van der Waals surface area contributed by atoms with E-state index >= 15 is 0 Å². The average molecular weight is 232 g/mol. The van der Waals surface area contributed by atoms with Gasteiger partial charge in [-0.2, -0.15) is 0 Å². The summed E-state index contributed by atoms with van der Waals surface area (Å²) in [6, 6.07) is 9.60. The number of ether oxygens (including phenoxy) is 1. The van der Waals surface area contributed by atoms with Crippen molar-refractivity contribution in [1.82, 2.24) is 0 Å². The molecule has 1 aromatic rings. The molecular weight excluding hydrogens is 221 g/mol. The molecule has 2 nitrogen and oxygen atoms in total. The zero-order chi connectivity index (χ0) is 8.10. The van der Waals surface area contributed by atoms with E-state index < -0.39 is 0 Å². The molecule has 0 spiro atoms. The van der Waals surface area contributed by atoms with E-state index in [4.69, 9.17) is 4.74 Å². The molecule has 0 bridgehead atoms. The number of halogens is 1. The van der Waals surface area contributed by atoms with E-state index in [2.05, 4.69) is 0 Å². The molecule has 0 amide bonds. The van der Waals surface area contributed by atoms with E-state index in [0.717, 1.165) is 5.56 Å². The molecule has 0 aromatic heterocycles. The van der Waals surface area contributed by atoms with E-state index in [1.807, 2.05) is 30.3 Å². The molecule has 1 aromatic carbocycles. The predicted molar refractivity (Wildman–Crippen MR) is 52.2 cm³/mol. The Balaban J connectivity index is 0.00000121. The second-order valence-corrected chi connectivity index (χ2v) is 2.27. The summed E-state index contributed by atoms with van der Waals surface area (Å²) in [4.78, 5) is 10.4. The van der Waals surface area contributed by atoms with Gasteiger partial charge in [0, 0.05) is 6.92 Å². The van der Waals surface area contributed by atoms with E-state index in [-0.39, 0.29) is 23.0 Å². The fraction of sp³-hybridized carbons (Fsp3) is 0.222. The molecule has 0 radical (unpaired) electrons. The van der Waals surface area contributed by atoms with Gasteiger partial charge in [-0.3, -0.25) is 4.79 Å². The van der Waals surface area contributed by atoms with Gasteiger partial charge in [-0.1, -0.05) is 30.3 Å². The molecule has 0 saturated carbocycles. The quantitative estimate of drug-likeness (QED) is 0.731. The lowest BCUT2D eigenvalue weighted by atomic mass is 10.3. The number of esters is 1. The van der Waals surface area contributed by atoms with Crippen molar-refractivity contribution in [2.45, 2.75) is 13.5 Å². The Labute approximate surface area is 82.3 Å². The fourth-order valence-corrected chi connectivity index (χ4v) is 0.759. The maximum atomic E-state index is 10.4. The van der Waals surface area contributed by atoms with Crippen LogP contribution < -0.4 is 0 Å². The zero-order valence-electron chi connectivity index (χ0n) is 6.82. The molecule has 1 rings (SSSR count). The molecule has 0 unspecified atom stereocenters. The monoisotopic (exact) mass is 231 g/mol. The first-order valence-corrected chi connectivity index (χ1v) is 3.46. The number of carbonyl (C=O) groups is 1. The molecule has 12 heavy (non-hydrogen) atoms. The lowest BCUT2D eigenvalue weighted by Gasteiger charge is -1.99. The van der Waals surface area contributed by atoms with Crippen LogP contribution in [0.4, 0.5) is 0 Å². The predicted octanol–water partition coefficient (Wildman–Crippen LogP) is 2.33. The van der Waals surface area contributed by atoms with Crippen LogP contribution >= 0.6 is 17.0 Å². The van der Waals surface area contributed by atoms with Gasteiger partial charge < -0.3 is 4.74 Å².